The lowest BCUT2D eigenvalue weighted by Gasteiger charge is -2.54. The van der Waals surface area contributed by atoms with Crippen molar-refractivity contribution in [2.24, 2.45) is 11.8 Å². The van der Waals surface area contributed by atoms with Crippen LogP contribution in [-0.4, -0.2) is 0 Å². The zero-order valence-electron chi connectivity index (χ0n) is 36.8. The van der Waals surface area contributed by atoms with E-state index in [4.69, 9.17) is 0 Å². The minimum Gasteiger partial charge on any atom is -0.311 e. The molecule has 9 aromatic carbocycles. The molecule has 0 saturated heterocycles. The molecule has 12 rings (SSSR count). The van der Waals surface area contributed by atoms with Gasteiger partial charge in [0.1, 0.15) is 0 Å². The van der Waals surface area contributed by atoms with Gasteiger partial charge in [0.25, 0.3) is 0 Å². The Labute approximate surface area is 383 Å². The Morgan fingerprint density at radius 1 is 0.308 bits per heavy atom. The molecule has 3 aliphatic carbocycles. The Bertz CT molecular complexity index is 3160. The highest BCUT2D eigenvalue weighted by molar-refractivity contribution is 5.88. The van der Waals surface area contributed by atoms with Crippen molar-refractivity contribution in [3.05, 3.63) is 271 Å². The van der Waals surface area contributed by atoms with Gasteiger partial charge in [-0.3, -0.25) is 0 Å². The molecule has 0 aromatic heterocycles. The van der Waals surface area contributed by atoms with E-state index >= 15 is 0 Å². The molecule has 1 spiro atoms. The van der Waals surface area contributed by atoms with Crippen LogP contribution >= 0.6 is 0 Å². The second kappa shape index (κ2) is 15.5. The third-order valence-corrected chi connectivity index (χ3v) is 14.7. The number of hydrogen-bond acceptors (Lipinski definition) is 1. The SMILES string of the molecule is CC1(C)c2ccccc2C2(c3ccccc3-c3ccc(-c4ccc(-c5ccc(N(c6ccc(-c7ccccc7)cc6)c6ccc(-c7ccccc7)cc6)cc5)cc4)cc32)C2C=CC=CC21. The van der Waals surface area contributed by atoms with E-state index in [2.05, 4.69) is 268 Å². The lowest BCUT2D eigenvalue weighted by atomic mass is 9.48. The molecule has 1 nitrogen and oxygen atoms in total. The normalized spacial score (nSPS) is 18.4. The van der Waals surface area contributed by atoms with Gasteiger partial charge in [0.15, 0.2) is 0 Å². The van der Waals surface area contributed by atoms with Crippen molar-refractivity contribution in [1.82, 2.24) is 0 Å². The summed E-state index contributed by atoms with van der Waals surface area (Å²) in [6, 6.07) is 82.9. The maximum atomic E-state index is 2.52. The van der Waals surface area contributed by atoms with E-state index in [0.717, 1.165) is 17.1 Å². The van der Waals surface area contributed by atoms with Crippen LogP contribution in [0.2, 0.25) is 0 Å². The molecular weight excluding hydrogens is 783 g/mol. The highest BCUT2D eigenvalue weighted by Crippen LogP contribution is 2.65. The molecule has 0 N–H and O–H groups in total. The van der Waals surface area contributed by atoms with Gasteiger partial charge in [0.05, 0.1) is 5.41 Å². The smallest absolute Gasteiger partial charge is 0.0535 e. The van der Waals surface area contributed by atoms with Crippen LogP contribution in [0.1, 0.15) is 36.1 Å². The Kier molecular flexibility index (Phi) is 9.28. The van der Waals surface area contributed by atoms with Crippen LogP contribution < -0.4 is 4.90 Å². The van der Waals surface area contributed by atoms with Gasteiger partial charge in [0.2, 0.25) is 0 Å². The van der Waals surface area contributed by atoms with Crippen molar-refractivity contribution >= 4 is 17.1 Å². The minimum atomic E-state index is -0.288. The number of benzene rings is 9. The number of nitrogens with zero attached hydrogens (tertiary/aromatic N) is 1. The van der Waals surface area contributed by atoms with Crippen LogP contribution in [0.3, 0.4) is 0 Å². The summed E-state index contributed by atoms with van der Waals surface area (Å²) in [5.74, 6) is 0.654. The molecule has 0 bridgehead atoms. The molecule has 9 aromatic rings. The van der Waals surface area contributed by atoms with E-state index in [1.54, 1.807) is 0 Å². The van der Waals surface area contributed by atoms with Gasteiger partial charge in [-0.15, -0.1) is 0 Å². The lowest BCUT2D eigenvalue weighted by molar-refractivity contribution is 0.219. The average molecular weight is 832 g/mol. The molecule has 1 heteroatoms. The van der Waals surface area contributed by atoms with Crippen molar-refractivity contribution in [1.29, 1.82) is 0 Å². The number of anilines is 3. The first-order valence-electron chi connectivity index (χ1n) is 23.0. The summed E-state index contributed by atoms with van der Waals surface area (Å²) in [5, 5.41) is 0. The van der Waals surface area contributed by atoms with Gasteiger partial charge in [0, 0.05) is 23.0 Å². The first-order valence-corrected chi connectivity index (χ1v) is 23.0. The van der Waals surface area contributed by atoms with Gasteiger partial charge in [-0.05, 0) is 132 Å². The highest BCUT2D eigenvalue weighted by Gasteiger charge is 2.58. The molecule has 0 aliphatic heterocycles. The predicted molar refractivity (Wildman–Crippen MR) is 273 cm³/mol. The Balaban J connectivity index is 0.887. The number of allylic oxidation sites excluding steroid dienone is 4. The number of rotatable bonds is 7. The fraction of sp³-hybridized carbons (Fsp3) is 0.0938. The number of fused-ring (bicyclic) bond motifs is 9. The van der Waals surface area contributed by atoms with E-state index in [0.29, 0.717) is 11.8 Å². The monoisotopic (exact) mass is 831 g/mol. The molecule has 310 valence electrons. The maximum absolute atomic E-state index is 2.52. The fourth-order valence-electron chi connectivity index (χ4n) is 11.6. The van der Waals surface area contributed by atoms with Gasteiger partial charge in [-0.1, -0.05) is 220 Å². The van der Waals surface area contributed by atoms with E-state index < -0.39 is 0 Å². The summed E-state index contributed by atoms with van der Waals surface area (Å²) in [6.07, 6.45) is 9.53. The van der Waals surface area contributed by atoms with Crippen LogP contribution in [0, 0.1) is 11.8 Å². The first-order chi connectivity index (χ1) is 32.0. The average Bonchev–Trinajstić information content (AvgIpc) is 3.67. The second-order valence-electron chi connectivity index (χ2n) is 18.5. The van der Waals surface area contributed by atoms with Gasteiger partial charge >= 0.3 is 0 Å². The minimum absolute atomic E-state index is 0.00231. The molecule has 0 radical (unpaired) electrons. The molecular formula is C64H49N. The van der Waals surface area contributed by atoms with Crippen LogP contribution in [0.5, 0.6) is 0 Å². The first kappa shape index (κ1) is 38.9. The predicted octanol–water partition coefficient (Wildman–Crippen LogP) is 16.8. The zero-order valence-corrected chi connectivity index (χ0v) is 36.8. The lowest BCUT2D eigenvalue weighted by Crippen LogP contribution is -2.51. The van der Waals surface area contributed by atoms with Gasteiger partial charge in [-0.2, -0.15) is 0 Å². The van der Waals surface area contributed by atoms with E-state index in [1.165, 1.54) is 77.9 Å². The van der Waals surface area contributed by atoms with Crippen LogP contribution in [0.4, 0.5) is 17.1 Å². The molecule has 0 saturated carbocycles. The van der Waals surface area contributed by atoms with E-state index in [-0.39, 0.29) is 10.8 Å². The van der Waals surface area contributed by atoms with Gasteiger partial charge in [-0.25, -0.2) is 0 Å². The van der Waals surface area contributed by atoms with E-state index in [9.17, 15) is 0 Å². The molecule has 3 unspecified atom stereocenters. The Hall–Kier alpha value is -7.74. The molecule has 0 fully saturated rings. The standard InChI is InChI=1S/C64H49N/c1-63(2)58-21-11-13-23-60(58)64(61-24-14-12-22-59(61)63)57-20-10-9-19-55(57)56-42-35-51(43-62(56)64)50-27-25-46(26-28-50)49-33-40-54(41-34-49)65(52-36-29-47(30-37-52)44-15-5-3-6-16-44)53-38-31-48(32-39-53)45-17-7-4-8-18-45/h3-43,58,60H,1-2H3. The van der Waals surface area contributed by atoms with Crippen molar-refractivity contribution in [3.63, 3.8) is 0 Å². The molecule has 3 aliphatic rings. The summed E-state index contributed by atoms with van der Waals surface area (Å²) >= 11 is 0. The number of hydrogen-bond donors (Lipinski definition) is 0. The van der Waals surface area contributed by atoms with E-state index in [1.807, 2.05) is 0 Å². The van der Waals surface area contributed by atoms with Crippen LogP contribution in [-0.2, 0) is 10.8 Å². The molecule has 0 heterocycles. The van der Waals surface area contributed by atoms with Gasteiger partial charge < -0.3 is 4.90 Å². The summed E-state index contributed by atoms with van der Waals surface area (Å²) in [4.78, 5) is 2.35. The van der Waals surface area contributed by atoms with Crippen molar-refractivity contribution in [2.45, 2.75) is 24.7 Å². The fourth-order valence-corrected chi connectivity index (χ4v) is 11.6. The Morgan fingerprint density at radius 3 is 1.20 bits per heavy atom. The molecule has 65 heavy (non-hydrogen) atoms. The summed E-state index contributed by atoms with van der Waals surface area (Å²) in [7, 11) is 0. The second-order valence-corrected chi connectivity index (χ2v) is 18.5. The highest BCUT2D eigenvalue weighted by atomic mass is 15.1. The molecule has 0 amide bonds. The van der Waals surface area contributed by atoms with Crippen molar-refractivity contribution < 1.29 is 0 Å². The topological polar surface area (TPSA) is 3.24 Å². The maximum Gasteiger partial charge on any atom is 0.0535 e. The van der Waals surface area contributed by atoms with Crippen molar-refractivity contribution in [3.8, 4) is 55.6 Å². The third kappa shape index (κ3) is 6.29. The molecule has 3 atom stereocenters. The van der Waals surface area contributed by atoms with Crippen molar-refractivity contribution in [2.75, 3.05) is 4.90 Å². The summed E-state index contributed by atoms with van der Waals surface area (Å²) in [6.45, 7) is 4.89. The summed E-state index contributed by atoms with van der Waals surface area (Å²) < 4.78 is 0. The van der Waals surface area contributed by atoms with Crippen LogP contribution in [0.25, 0.3) is 55.6 Å². The summed E-state index contributed by atoms with van der Waals surface area (Å²) in [5.41, 5.74) is 21.2. The zero-order chi connectivity index (χ0) is 43.5. The third-order valence-electron chi connectivity index (χ3n) is 14.7. The largest absolute Gasteiger partial charge is 0.311 e. The van der Waals surface area contributed by atoms with Crippen LogP contribution in [0.15, 0.2) is 249 Å². The quantitative estimate of drug-likeness (QED) is 0.155. The Morgan fingerprint density at radius 2 is 0.677 bits per heavy atom.